The van der Waals surface area contributed by atoms with Gasteiger partial charge < -0.3 is 5.32 Å². The summed E-state index contributed by atoms with van der Waals surface area (Å²) in [7, 11) is 0. The molecule has 1 amide bonds. The molecule has 0 atom stereocenters. The second-order valence-electron chi connectivity index (χ2n) is 5.63. The number of carbonyl (C=O) groups excluding carboxylic acids is 1. The molecular weight excluding hydrogens is 246 g/mol. The summed E-state index contributed by atoms with van der Waals surface area (Å²) in [6, 6.07) is 18.0. The van der Waals surface area contributed by atoms with Crippen molar-refractivity contribution in [1.29, 1.82) is 0 Å². The van der Waals surface area contributed by atoms with E-state index >= 15 is 0 Å². The summed E-state index contributed by atoms with van der Waals surface area (Å²) in [5, 5.41) is 3.25. The molecule has 2 aromatic rings. The largest absolute Gasteiger partial charge is 0.343 e. The van der Waals surface area contributed by atoms with Crippen LogP contribution in [0.4, 0.5) is 0 Å². The predicted octanol–water partition coefficient (Wildman–Crippen LogP) is 3.80. The molecule has 0 unspecified atom stereocenters. The number of benzene rings is 2. The van der Waals surface area contributed by atoms with Gasteiger partial charge in [-0.3, -0.25) is 4.79 Å². The highest BCUT2D eigenvalue weighted by molar-refractivity contribution is 5.95. The van der Waals surface area contributed by atoms with Crippen LogP contribution < -0.4 is 5.32 Å². The van der Waals surface area contributed by atoms with Crippen LogP contribution in [0.15, 0.2) is 54.6 Å². The van der Waals surface area contributed by atoms with E-state index in [9.17, 15) is 4.79 Å². The molecule has 0 spiro atoms. The lowest BCUT2D eigenvalue weighted by atomic mass is 9.71. The second-order valence-corrected chi connectivity index (χ2v) is 5.63. The van der Waals surface area contributed by atoms with Crippen LogP contribution in [0.3, 0.4) is 0 Å². The van der Waals surface area contributed by atoms with Crippen LogP contribution in [0.5, 0.6) is 0 Å². The summed E-state index contributed by atoms with van der Waals surface area (Å²) in [5.74, 6) is 0.0252. The first-order valence-electron chi connectivity index (χ1n) is 7.14. The molecule has 0 saturated heterocycles. The van der Waals surface area contributed by atoms with Crippen LogP contribution in [-0.2, 0) is 5.54 Å². The highest BCUT2D eigenvalue weighted by atomic mass is 16.1. The fraction of sp³-hybridized carbons (Fsp3) is 0.278. The smallest absolute Gasteiger partial charge is 0.251 e. The maximum absolute atomic E-state index is 12.5. The number of aryl methyl sites for hydroxylation is 1. The van der Waals surface area contributed by atoms with Crippen molar-refractivity contribution in [1.82, 2.24) is 5.32 Å². The van der Waals surface area contributed by atoms with Gasteiger partial charge in [0.25, 0.3) is 5.91 Å². The highest BCUT2D eigenvalue weighted by Gasteiger charge is 2.39. The van der Waals surface area contributed by atoms with Crippen LogP contribution in [0.25, 0.3) is 0 Å². The normalized spacial score (nSPS) is 16.2. The number of carbonyl (C=O) groups is 1. The summed E-state index contributed by atoms with van der Waals surface area (Å²) >= 11 is 0. The Labute approximate surface area is 119 Å². The van der Waals surface area contributed by atoms with Gasteiger partial charge in [0.1, 0.15) is 0 Å². The highest BCUT2D eigenvalue weighted by Crippen LogP contribution is 2.41. The van der Waals surface area contributed by atoms with E-state index in [-0.39, 0.29) is 11.4 Å². The maximum atomic E-state index is 12.5. The number of amides is 1. The Morgan fingerprint density at radius 1 is 1.05 bits per heavy atom. The lowest BCUT2D eigenvalue weighted by Crippen LogP contribution is -2.50. The third-order valence-corrected chi connectivity index (χ3v) is 4.17. The molecule has 0 radical (unpaired) electrons. The molecule has 0 bridgehead atoms. The number of nitrogens with one attached hydrogen (secondary N) is 1. The van der Waals surface area contributed by atoms with Gasteiger partial charge in [0.2, 0.25) is 0 Å². The zero-order valence-electron chi connectivity index (χ0n) is 11.7. The molecule has 1 aliphatic rings. The van der Waals surface area contributed by atoms with E-state index in [0.29, 0.717) is 0 Å². The van der Waals surface area contributed by atoms with Crippen molar-refractivity contribution in [2.24, 2.45) is 0 Å². The second kappa shape index (κ2) is 5.12. The third-order valence-electron chi connectivity index (χ3n) is 4.17. The zero-order chi connectivity index (χ0) is 14.0. The Balaban J connectivity index is 1.84. The summed E-state index contributed by atoms with van der Waals surface area (Å²) in [4.78, 5) is 12.5. The first-order chi connectivity index (χ1) is 9.70. The van der Waals surface area contributed by atoms with Crippen molar-refractivity contribution in [2.75, 3.05) is 0 Å². The van der Waals surface area contributed by atoms with Crippen LogP contribution >= 0.6 is 0 Å². The first-order valence-corrected chi connectivity index (χ1v) is 7.14. The molecule has 1 aliphatic carbocycles. The predicted molar refractivity (Wildman–Crippen MR) is 80.6 cm³/mol. The van der Waals surface area contributed by atoms with Crippen LogP contribution in [0.2, 0.25) is 0 Å². The van der Waals surface area contributed by atoms with Gasteiger partial charge in [0.15, 0.2) is 0 Å². The van der Waals surface area contributed by atoms with Crippen LogP contribution in [-0.4, -0.2) is 5.91 Å². The molecule has 1 saturated carbocycles. The summed E-state index contributed by atoms with van der Waals surface area (Å²) in [6.07, 6.45) is 3.21. The van der Waals surface area contributed by atoms with E-state index in [1.807, 2.05) is 49.4 Å². The van der Waals surface area contributed by atoms with Crippen LogP contribution in [0.1, 0.15) is 40.7 Å². The maximum Gasteiger partial charge on any atom is 0.251 e. The van der Waals surface area contributed by atoms with Crippen molar-refractivity contribution >= 4 is 5.91 Å². The van der Waals surface area contributed by atoms with Crippen LogP contribution in [0, 0.1) is 6.92 Å². The van der Waals surface area contributed by atoms with Crippen molar-refractivity contribution in [2.45, 2.75) is 31.7 Å². The Hall–Kier alpha value is -2.09. The number of hydrogen-bond acceptors (Lipinski definition) is 1. The fourth-order valence-electron chi connectivity index (χ4n) is 2.85. The first kappa shape index (κ1) is 12.9. The molecule has 0 heterocycles. The molecule has 2 heteroatoms. The Kier molecular flexibility index (Phi) is 3.31. The summed E-state index contributed by atoms with van der Waals surface area (Å²) in [6.45, 7) is 2.01. The summed E-state index contributed by atoms with van der Waals surface area (Å²) in [5.41, 5.74) is 2.90. The molecule has 1 N–H and O–H groups in total. The standard InChI is InChI=1S/C18H19NO/c1-14-7-5-8-15(13-14)17(20)19-18(11-6-12-18)16-9-3-2-4-10-16/h2-5,7-10,13H,6,11-12H2,1H3,(H,19,20). The van der Waals surface area contributed by atoms with Gasteiger partial charge in [-0.1, -0.05) is 48.0 Å². The monoisotopic (exact) mass is 265 g/mol. The molecular formula is C18H19NO. The minimum atomic E-state index is -0.165. The third kappa shape index (κ3) is 2.34. The molecule has 20 heavy (non-hydrogen) atoms. The van der Waals surface area contributed by atoms with Gasteiger partial charge >= 0.3 is 0 Å². The van der Waals surface area contributed by atoms with Gasteiger partial charge in [0, 0.05) is 5.56 Å². The van der Waals surface area contributed by atoms with Gasteiger partial charge in [-0.05, 0) is 43.9 Å². The van der Waals surface area contributed by atoms with E-state index < -0.39 is 0 Å². The Morgan fingerprint density at radius 3 is 2.40 bits per heavy atom. The van der Waals surface area contributed by atoms with Crippen molar-refractivity contribution in [3.05, 3.63) is 71.3 Å². The van der Waals surface area contributed by atoms with Gasteiger partial charge in [-0.2, -0.15) is 0 Å². The van der Waals surface area contributed by atoms with Gasteiger partial charge in [-0.25, -0.2) is 0 Å². The molecule has 2 nitrogen and oxygen atoms in total. The molecule has 3 rings (SSSR count). The fourth-order valence-corrected chi connectivity index (χ4v) is 2.85. The molecule has 1 fully saturated rings. The molecule has 0 aromatic heterocycles. The topological polar surface area (TPSA) is 29.1 Å². The van der Waals surface area contributed by atoms with Crippen molar-refractivity contribution in [3.8, 4) is 0 Å². The minimum absolute atomic E-state index is 0.0252. The van der Waals surface area contributed by atoms with Crippen molar-refractivity contribution in [3.63, 3.8) is 0 Å². The van der Waals surface area contributed by atoms with E-state index in [4.69, 9.17) is 0 Å². The van der Waals surface area contributed by atoms with E-state index in [1.54, 1.807) is 0 Å². The Morgan fingerprint density at radius 2 is 1.80 bits per heavy atom. The van der Waals surface area contributed by atoms with E-state index in [1.165, 1.54) is 12.0 Å². The average molecular weight is 265 g/mol. The lowest BCUT2D eigenvalue weighted by molar-refractivity contribution is 0.0823. The van der Waals surface area contributed by atoms with Gasteiger partial charge in [0.05, 0.1) is 5.54 Å². The molecule has 0 aliphatic heterocycles. The minimum Gasteiger partial charge on any atom is -0.343 e. The lowest BCUT2D eigenvalue weighted by Gasteiger charge is -2.43. The number of hydrogen-bond donors (Lipinski definition) is 1. The van der Waals surface area contributed by atoms with Crippen molar-refractivity contribution < 1.29 is 4.79 Å². The summed E-state index contributed by atoms with van der Waals surface area (Å²) < 4.78 is 0. The molecule has 102 valence electrons. The Bertz CT molecular complexity index is 614. The molecule has 2 aromatic carbocycles. The van der Waals surface area contributed by atoms with E-state index in [0.717, 1.165) is 24.0 Å². The number of rotatable bonds is 3. The SMILES string of the molecule is Cc1cccc(C(=O)NC2(c3ccccc3)CCC2)c1. The average Bonchev–Trinajstić information content (AvgIpc) is 2.43. The quantitative estimate of drug-likeness (QED) is 0.898. The van der Waals surface area contributed by atoms with E-state index in [2.05, 4.69) is 17.4 Å². The van der Waals surface area contributed by atoms with Gasteiger partial charge in [-0.15, -0.1) is 0 Å². The zero-order valence-corrected chi connectivity index (χ0v) is 11.7.